The highest BCUT2D eigenvalue weighted by atomic mass is 16.5. The van der Waals surface area contributed by atoms with Crippen LogP contribution in [0.4, 0.5) is 0 Å². The molecule has 0 saturated heterocycles. The zero-order valence-corrected chi connectivity index (χ0v) is 16.1. The minimum Gasteiger partial charge on any atom is -0.491 e. The summed E-state index contributed by atoms with van der Waals surface area (Å²) in [6.07, 6.45) is 0.840. The predicted molar refractivity (Wildman–Crippen MR) is 118 cm³/mol. The molecule has 0 aliphatic heterocycles. The number of ether oxygens (including phenoxy) is 1. The summed E-state index contributed by atoms with van der Waals surface area (Å²) in [4.78, 5) is 0. The van der Waals surface area contributed by atoms with E-state index in [0.29, 0.717) is 6.61 Å². The summed E-state index contributed by atoms with van der Waals surface area (Å²) < 4.78 is 5.92. The molecule has 2 heteroatoms. The topological polar surface area (TPSA) is 29.5 Å². The Bertz CT molecular complexity index is 1150. The molecule has 0 spiro atoms. The Morgan fingerprint density at radius 2 is 1.31 bits per heavy atom. The summed E-state index contributed by atoms with van der Waals surface area (Å²) >= 11 is 0. The lowest BCUT2D eigenvalue weighted by atomic mass is 9.89. The Hall–Kier alpha value is -3.36. The van der Waals surface area contributed by atoms with Crippen molar-refractivity contribution in [1.29, 1.82) is 0 Å². The molecule has 4 aromatic carbocycles. The lowest BCUT2D eigenvalue weighted by molar-refractivity contribution is 0.200. The molecule has 4 aromatic rings. The molecule has 0 unspecified atom stereocenters. The molecule has 1 aliphatic rings. The number of hydrogen-bond donors (Lipinski definition) is 1. The summed E-state index contributed by atoms with van der Waals surface area (Å²) in [5, 5.41) is 9.25. The van der Waals surface area contributed by atoms with Crippen LogP contribution in [0.3, 0.4) is 0 Å². The summed E-state index contributed by atoms with van der Waals surface area (Å²) in [5.74, 6) is 0.865. The van der Waals surface area contributed by atoms with Gasteiger partial charge >= 0.3 is 0 Å². The molecule has 0 heterocycles. The average molecular weight is 378 g/mol. The van der Waals surface area contributed by atoms with E-state index in [1.807, 2.05) is 12.1 Å². The normalized spacial score (nSPS) is 11.8. The molecule has 1 aliphatic carbocycles. The molecular weight excluding hydrogens is 356 g/mol. The fourth-order valence-corrected chi connectivity index (χ4v) is 4.33. The third kappa shape index (κ3) is 3.12. The fourth-order valence-electron chi connectivity index (χ4n) is 4.33. The van der Waals surface area contributed by atoms with Crippen molar-refractivity contribution in [2.75, 3.05) is 13.2 Å². The van der Waals surface area contributed by atoms with E-state index >= 15 is 0 Å². The van der Waals surface area contributed by atoms with Crippen molar-refractivity contribution in [2.24, 2.45) is 0 Å². The van der Waals surface area contributed by atoms with Gasteiger partial charge in [-0.2, -0.15) is 0 Å². The molecule has 142 valence electrons. The molecule has 29 heavy (non-hydrogen) atoms. The van der Waals surface area contributed by atoms with Gasteiger partial charge in [0.1, 0.15) is 12.4 Å². The largest absolute Gasteiger partial charge is 0.491 e. The van der Waals surface area contributed by atoms with Gasteiger partial charge in [0.05, 0.1) is 6.61 Å². The molecule has 0 fully saturated rings. The summed E-state index contributed by atoms with van der Waals surface area (Å²) in [6, 6.07) is 31.9. The summed E-state index contributed by atoms with van der Waals surface area (Å²) in [5.41, 5.74) is 9.96. The van der Waals surface area contributed by atoms with Gasteiger partial charge in [0, 0.05) is 12.0 Å². The second kappa shape index (κ2) is 7.57. The van der Waals surface area contributed by atoms with Gasteiger partial charge in [-0.3, -0.25) is 0 Å². The molecule has 0 radical (unpaired) electrons. The molecular formula is C27H22O2. The van der Waals surface area contributed by atoms with Crippen molar-refractivity contribution >= 4 is 0 Å². The maximum absolute atomic E-state index is 9.25. The second-order valence-corrected chi connectivity index (χ2v) is 7.29. The highest BCUT2D eigenvalue weighted by molar-refractivity contribution is 5.98. The molecule has 0 atom stereocenters. The molecule has 1 N–H and O–H groups in total. The third-order valence-electron chi connectivity index (χ3n) is 5.56. The van der Waals surface area contributed by atoms with Crippen molar-refractivity contribution in [3.63, 3.8) is 0 Å². The first-order chi connectivity index (χ1) is 14.4. The van der Waals surface area contributed by atoms with Crippen LogP contribution in [0, 0.1) is 0 Å². The van der Waals surface area contributed by atoms with Crippen LogP contribution in [-0.4, -0.2) is 18.3 Å². The van der Waals surface area contributed by atoms with Crippen LogP contribution >= 0.6 is 0 Å². The van der Waals surface area contributed by atoms with Gasteiger partial charge in [-0.15, -0.1) is 0 Å². The second-order valence-electron chi connectivity index (χ2n) is 7.29. The van der Waals surface area contributed by atoms with Crippen molar-refractivity contribution in [3.05, 3.63) is 102 Å². The minimum atomic E-state index is 0.0113. The van der Waals surface area contributed by atoms with Crippen molar-refractivity contribution < 1.29 is 9.84 Å². The fraction of sp³-hybridized carbons (Fsp3) is 0.111. The highest BCUT2D eigenvalue weighted by Crippen LogP contribution is 2.50. The highest BCUT2D eigenvalue weighted by Gasteiger charge is 2.28. The molecule has 0 bridgehead atoms. The maximum atomic E-state index is 9.25. The molecule has 0 amide bonds. The van der Waals surface area contributed by atoms with Crippen LogP contribution in [0.1, 0.15) is 11.1 Å². The van der Waals surface area contributed by atoms with Gasteiger partial charge in [0.25, 0.3) is 0 Å². The monoisotopic (exact) mass is 378 g/mol. The third-order valence-corrected chi connectivity index (χ3v) is 5.56. The Labute approximate surface area is 171 Å². The van der Waals surface area contributed by atoms with Gasteiger partial charge in [-0.25, -0.2) is 0 Å². The first kappa shape index (κ1) is 17.7. The maximum Gasteiger partial charge on any atom is 0.123 e. The number of rotatable bonds is 5. The van der Waals surface area contributed by atoms with Gasteiger partial charge < -0.3 is 9.84 Å². The summed E-state index contributed by atoms with van der Waals surface area (Å²) in [6.45, 7) is 0.316. The van der Waals surface area contributed by atoms with Crippen molar-refractivity contribution in [2.45, 2.75) is 6.42 Å². The van der Waals surface area contributed by atoms with Crippen LogP contribution in [0.5, 0.6) is 5.75 Å². The average Bonchev–Trinajstić information content (AvgIpc) is 3.19. The molecule has 5 rings (SSSR count). The van der Waals surface area contributed by atoms with Gasteiger partial charge in [-0.1, -0.05) is 84.9 Å². The number of fused-ring (bicyclic) bond motifs is 3. The Morgan fingerprint density at radius 1 is 0.655 bits per heavy atom. The number of aliphatic hydroxyl groups is 1. The standard InChI is InChI=1S/C27H22O2/c28-16-17-29-25-15-14-23(20-10-5-2-6-11-20)27-24(25)18-21-12-7-13-22(26(21)27)19-8-3-1-4-9-19/h1-15,28H,16-18H2. The van der Waals surface area contributed by atoms with E-state index in [0.717, 1.165) is 12.2 Å². The minimum absolute atomic E-state index is 0.0113. The van der Waals surface area contributed by atoms with Crippen molar-refractivity contribution in [1.82, 2.24) is 0 Å². The smallest absolute Gasteiger partial charge is 0.123 e. The van der Waals surface area contributed by atoms with E-state index in [1.54, 1.807) is 0 Å². The van der Waals surface area contributed by atoms with E-state index in [1.165, 1.54) is 44.5 Å². The van der Waals surface area contributed by atoms with Crippen LogP contribution in [-0.2, 0) is 6.42 Å². The van der Waals surface area contributed by atoms with Crippen LogP contribution in [0.15, 0.2) is 91.0 Å². The number of hydrogen-bond acceptors (Lipinski definition) is 2. The molecule has 2 nitrogen and oxygen atoms in total. The van der Waals surface area contributed by atoms with E-state index in [4.69, 9.17) is 4.74 Å². The van der Waals surface area contributed by atoms with Gasteiger partial charge in [0.15, 0.2) is 0 Å². The van der Waals surface area contributed by atoms with Crippen LogP contribution < -0.4 is 4.74 Å². The molecule has 0 aromatic heterocycles. The number of benzene rings is 4. The lowest BCUT2D eigenvalue weighted by Gasteiger charge is -2.16. The number of aliphatic hydroxyl groups excluding tert-OH is 1. The van der Waals surface area contributed by atoms with E-state index in [-0.39, 0.29) is 6.61 Å². The van der Waals surface area contributed by atoms with Crippen LogP contribution in [0.25, 0.3) is 33.4 Å². The Morgan fingerprint density at radius 3 is 1.97 bits per heavy atom. The van der Waals surface area contributed by atoms with E-state index in [9.17, 15) is 5.11 Å². The quantitative estimate of drug-likeness (QED) is 0.409. The Kier molecular flexibility index (Phi) is 4.63. The SMILES string of the molecule is OCCOc1ccc(-c2ccccc2)c2c1Cc1cccc(-c3ccccc3)c1-2. The van der Waals surface area contributed by atoms with E-state index < -0.39 is 0 Å². The zero-order chi connectivity index (χ0) is 19.6. The summed E-state index contributed by atoms with van der Waals surface area (Å²) in [7, 11) is 0. The predicted octanol–water partition coefficient (Wildman–Crippen LogP) is 5.96. The van der Waals surface area contributed by atoms with E-state index in [2.05, 4.69) is 78.9 Å². The Balaban J connectivity index is 1.78. The zero-order valence-electron chi connectivity index (χ0n) is 16.1. The first-order valence-corrected chi connectivity index (χ1v) is 9.99. The first-order valence-electron chi connectivity index (χ1n) is 9.99. The van der Waals surface area contributed by atoms with Crippen molar-refractivity contribution in [3.8, 4) is 39.1 Å². The molecule has 0 saturated carbocycles. The van der Waals surface area contributed by atoms with Gasteiger partial charge in [-0.05, 0) is 45.0 Å². The van der Waals surface area contributed by atoms with Gasteiger partial charge in [0.2, 0.25) is 0 Å². The van der Waals surface area contributed by atoms with Crippen LogP contribution in [0.2, 0.25) is 0 Å². The lowest BCUT2D eigenvalue weighted by Crippen LogP contribution is -2.04.